The molecule has 2 heterocycles. The lowest BCUT2D eigenvalue weighted by Gasteiger charge is -2.11. The minimum atomic E-state index is -2.94. The Morgan fingerprint density at radius 1 is 1.43 bits per heavy atom. The van der Waals surface area contributed by atoms with E-state index in [9.17, 15) is 13.2 Å². The molecule has 1 saturated heterocycles. The average Bonchev–Trinajstić information content (AvgIpc) is 2.78. The van der Waals surface area contributed by atoms with Gasteiger partial charge in [0.1, 0.15) is 17.8 Å². The van der Waals surface area contributed by atoms with Gasteiger partial charge in [-0.15, -0.1) is 0 Å². The van der Waals surface area contributed by atoms with Crippen molar-refractivity contribution >= 4 is 21.6 Å². The van der Waals surface area contributed by atoms with Crippen LogP contribution in [-0.2, 0) is 9.84 Å². The fourth-order valence-corrected chi connectivity index (χ4v) is 3.82. The van der Waals surface area contributed by atoms with Crippen LogP contribution in [0.2, 0.25) is 0 Å². The molecule has 2 rings (SSSR count). The Bertz CT molecular complexity index is 603. The van der Waals surface area contributed by atoms with Crippen LogP contribution in [0.15, 0.2) is 12.4 Å². The van der Waals surface area contributed by atoms with Gasteiger partial charge < -0.3 is 10.6 Å². The van der Waals surface area contributed by atoms with Crippen LogP contribution in [0.25, 0.3) is 0 Å². The van der Waals surface area contributed by atoms with Gasteiger partial charge in [-0.25, -0.2) is 18.4 Å². The van der Waals surface area contributed by atoms with Crippen molar-refractivity contribution in [1.29, 1.82) is 0 Å². The van der Waals surface area contributed by atoms with Crippen molar-refractivity contribution in [2.24, 2.45) is 0 Å². The van der Waals surface area contributed by atoms with Crippen LogP contribution in [0.1, 0.15) is 36.7 Å². The predicted octanol–water partition coefficient (Wildman–Crippen LogP) is 0.605. The maximum absolute atomic E-state index is 11.9. The van der Waals surface area contributed by atoms with E-state index in [1.165, 1.54) is 6.33 Å². The molecule has 0 saturated carbocycles. The first-order valence-corrected chi connectivity index (χ1v) is 8.89. The highest BCUT2D eigenvalue weighted by molar-refractivity contribution is 7.91. The number of unbranched alkanes of at least 4 members (excludes halogenated alkanes) is 1. The van der Waals surface area contributed by atoms with E-state index in [1.807, 2.05) is 0 Å². The van der Waals surface area contributed by atoms with Crippen molar-refractivity contribution in [3.05, 3.63) is 18.1 Å². The van der Waals surface area contributed by atoms with E-state index >= 15 is 0 Å². The number of carbonyl (C=O) groups is 1. The number of nitrogens with one attached hydrogen (secondary N) is 2. The molecule has 1 fully saturated rings. The van der Waals surface area contributed by atoms with Gasteiger partial charge in [-0.1, -0.05) is 13.3 Å². The van der Waals surface area contributed by atoms with Crippen LogP contribution in [0.4, 0.5) is 5.82 Å². The fraction of sp³-hybridized carbons (Fsp3) is 0.615. The molecule has 2 N–H and O–H groups in total. The molecule has 7 nitrogen and oxygen atoms in total. The van der Waals surface area contributed by atoms with Crippen LogP contribution in [0.5, 0.6) is 0 Å². The molecule has 1 atom stereocenters. The van der Waals surface area contributed by atoms with Crippen molar-refractivity contribution in [3.8, 4) is 0 Å². The van der Waals surface area contributed by atoms with Crippen LogP contribution in [0, 0.1) is 0 Å². The van der Waals surface area contributed by atoms with E-state index in [2.05, 4.69) is 27.5 Å². The van der Waals surface area contributed by atoms with Gasteiger partial charge in [0, 0.05) is 18.7 Å². The number of hydrogen-bond donors (Lipinski definition) is 2. The summed E-state index contributed by atoms with van der Waals surface area (Å²) in [6.07, 6.45) is 3.79. The Hall–Kier alpha value is -1.70. The first-order chi connectivity index (χ1) is 10.00. The Balaban J connectivity index is 1.96. The average molecular weight is 312 g/mol. The maximum atomic E-state index is 11.9. The lowest BCUT2D eigenvalue weighted by atomic mass is 10.2. The molecule has 1 amide bonds. The molecule has 1 unspecified atom stereocenters. The zero-order valence-electron chi connectivity index (χ0n) is 12.0. The summed E-state index contributed by atoms with van der Waals surface area (Å²) in [4.78, 5) is 19.9. The number of rotatable bonds is 6. The highest BCUT2D eigenvalue weighted by Gasteiger charge is 2.28. The van der Waals surface area contributed by atoms with Gasteiger partial charge in [0.05, 0.1) is 11.5 Å². The summed E-state index contributed by atoms with van der Waals surface area (Å²) in [7, 11) is -2.94. The Morgan fingerprint density at radius 3 is 2.90 bits per heavy atom. The topological polar surface area (TPSA) is 101 Å². The zero-order valence-corrected chi connectivity index (χ0v) is 12.8. The number of aromatic nitrogens is 2. The molecule has 0 aliphatic carbocycles. The molecule has 1 aliphatic heterocycles. The SMILES string of the molecule is CCCCNC(=O)c1cc(NC2CCS(=O)(=O)C2)ncn1. The summed E-state index contributed by atoms with van der Waals surface area (Å²) in [6, 6.07) is 1.40. The normalized spacial score (nSPS) is 20.1. The second-order valence-corrected chi connectivity index (χ2v) is 7.37. The van der Waals surface area contributed by atoms with E-state index in [1.54, 1.807) is 6.07 Å². The third-order valence-corrected chi connectivity index (χ3v) is 5.07. The second kappa shape index (κ2) is 6.84. The summed E-state index contributed by atoms with van der Waals surface area (Å²) in [6.45, 7) is 2.66. The number of amides is 1. The van der Waals surface area contributed by atoms with Gasteiger partial charge in [-0.2, -0.15) is 0 Å². The molecular weight excluding hydrogens is 292 g/mol. The molecule has 116 valence electrons. The van der Waals surface area contributed by atoms with E-state index in [-0.39, 0.29) is 29.1 Å². The summed E-state index contributed by atoms with van der Waals surface area (Å²) in [5, 5.41) is 5.83. The summed E-state index contributed by atoms with van der Waals surface area (Å²) in [5.74, 6) is 0.537. The quantitative estimate of drug-likeness (QED) is 0.746. The van der Waals surface area contributed by atoms with Crippen LogP contribution in [-0.4, -0.2) is 48.4 Å². The van der Waals surface area contributed by atoms with Crippen molar-refractivity contribution < 1.29 is 13.2 Å². The molecular formula is C13H20N4O3S. The van der Waals surface area contributed by atoms with Gasteiger partial charge >= 0.3 is 0 Å². The monoisotopic (exact) mass is 312 g/mol. The minimum Gasteiger partial charge on any atom is -0.366 e. The van der Waals surface area contributed by atoms with Crippen molar-refractivity contribution in [3.63, 3.8) is 0 Å². The second-order valence-electron chi connectivity index (χ2n) is 5.14. The third-order valence-electron chi connectivity index (χ3n) is 3.30. The maximum Gasteiger partial charge on any atom is 0.270 e. The Labute approximate surface area is 124 Å². The molecule has 1 aromatic heterocycles. The van der Waals surface area contributed by atoms with E-state index in [4.69, 9.17) is 0 Å². The minimum absolute atomic E-state index is 0.106. The molecule has 21 heavy (non-hydrogen) atoms. The third kappa shape index (κ3) is 4.66. The van der Waals surface area contributed by atoms with E-state index < -0.39 is 9.84 Å². The van der Waals surface area contributed by atoms with Gasteiger partial charge in [0.2, 0.25) is 0 Å². The molecule has 1 aromatic rings. The lowest BCUT2D eigenvalue weighted by molar-refractivity contribution is 0.0948. The van der Waals surface area contributed by atoms with Crippen molar-refractivity contribution in [2.75, 3.05) is 23.4 Å². The van der Waals surface area contributed by atoms with Gasteiger partial charge in [-0.3, -0.25) is 4.79 Å². The fourth-order valence-electron chi connectivity index (χ4n) is 2.15. The highest BCUT2D eigenvalue weighted by atomic mass is 32.2. The zero-order chi connectivity index (χ0) is 15.3. The smallest absolute Gasteiger partial charge is 0.270 e. The molecule has 0 aromatic carbocycles. The van der Waals surface area contributed by atoms with E-state index in [0.717, 1.165) is 12.8 Å². The van der Waals surface area contributed by atoms with Gasteiger partial charge in [-0.05, 0) is 12.8 Å². The largest absolute Gasteiger partial charge is 0.366 e. The molecule has 0 radical (unpaired) electrons. The number of hydrogen-bond acceptors (Lipinski definition) is 6. The number of nitrogens with zero attached hydrogens (tertiary/aromatic N) is 2. The predicted molar refractivity (Wildman–Crippen MR) is 80.0 cm³/mol. The number of carbonyl (C=O) groups excluding carboxylic acids is 1. The number of anilines is 1. The molecule has 0 bridgehead atoms. The lowest BCUT2D eigenvalue weighted by Crippen LogP contribution is -2.26. The van der Waals surface area contributed by atoms with Crippen molar-refractivity contribution in [1.82, 2.24) is 15.3 Å². The van der Waals surface area contributed by atoms with E-state index in [0.29, 0.717) is 18.8 Å². The summed E-state index contributed by atoms with van der Waals surface area (Å²) >= 11 is 0. The van der Waals surface area contributed by atoms with Crippen molar-refractivity contribution in [2.45, 2.75) is 32.2 Å². The Morgan fingerprint density at radius 2 is 2.24 bits per heavy atom. The molecule has 0 spiro atoms. The molecule has 8 heteroatoms. The highest BCUT2D eigenvalue weighted by Crippen LogP contribution is 2.16. The molecule has 1 aliphatic rings. The van der Waals surface area contributed by atoms with Crippen LogP contribution in [0.3, 0.4) is 0 Å². The standard InChI is InChI=1S/C13H20N4O3S/c1-2-3-5-14-13(18)11-7-12(16-9-15-11)17-10-4-6-21(19,20)8-10/h7,9-10H,2-6,8H2,1H3,(H,14,18)(H,15,16,17). The Kier molecular flexibility index (Phi) is 5.11. The van der Waals surface area contributed by atoms with Gasteiger partial charge in [0.25, 0.3) is 5.91 Å². The van der Waals surface area contributed by atoms with Gasteiger partial charge in [0.15, 0.2) is 9.84 Å². The van der Waals surface area contributed by atoms with Crippen LogP contribution >= 0.6 is 0 Å². The first-order valence-electron chi connectivity index (χ1n) is 7.07. The summed E-state index contributed by atoms with van der Waals surface area (Å²) in [5.41, 5.74) is 0.282. The van der Waals surface area contributed by atoms with Crippen LogP contribution < -0.4 is 10.6 Å². The summed E-state index contributed by atoms with van der Waals surface area (Å²) < 4.78 is 22.8. The first kappa shape index (κ1) is 15.7. The number of sulfone groups is 1.